The molecule has 0 atom stereocenters. The summed E-state index contributed by atoms with van der Waals surface area (Å²) in [6, 6.07) is 13.3. The Morgan fingerprint density at radius 3 is 2.54 bits per heavy atom. The SMILES string of the molecule is CNC(=O)c1cc(NC(=O)c2ccc(COc3ccc(F)cc3)o2)ccc1Cl. The van der Waals surface area contributed by atoms with E-state index in [4.69, 9.17) is 20.8 Å². The molecule has 144 valence electrons. The van der Waals surface area contributed by atoms with Gasteiger partial charge in [-0.15, -0.1) is 0 Å². The highest BCUT2D eigenvalue weighted by molar-refractivity contribution is 6.34. The highest BCUT2D eigenvalue weighted by Gasteiger charge is 2.14. The van der Waals surface area contributed by atoms with Gasteiger partial charge >= 0.3 is 0 Å². The first-order valence-electron chi connectivity index (χ1n) is 8.26. The van der Waals surface area contributed by atoms with Crippen LogP contribution in [0.4, 0.5) is 10.1 Å². The summed E-state index contributed by atoms with van der Waals surface area (Å²) < 4.78 is 23.8. The van der Waals surface area contributed by atoms with E-state index in [0.29, 0.717) is 17.2 Å². The van der Waals surface area contributed by atoms with Crippen molar-refractivity contribution < 1.29 is 23.1 Å². The van der Waals surface area contributed by atoms with Gasteiger partial charge in [0.15, 0.2) is 5.76 Å². The number of hydrogen-bond donors (Lipinski definition) is 2. The van der Waals surface area contributed by atoms with E-state index in [1.54, 1.807) is 12.1 Å². The summed E-state index contributed by atoms with van der Waals surface area (Å²) in [5, 5.41) is 5.40. The minimum Gasteiger partial charge on any atom is -0.486 e. The molecule has 0 fully saturated rings. The lowest BCUT2D eigenvalue weighted by molar-refractivity contribution is 0.0960. The van der Waals surface area contributed by atoms with Gasteiger partial charge in [0.05, 0.1) is 10.6 Å². The fourth-order valence-corrected chi connectivity index (χ4v) is 2.57. The third-order valence-electron chi connectivity index (χ3n) is 3.78. The molecule has 8 heteroatoms. The molecule has 0 aliphatic carbocycles. The highest BCUT2D eigenvalue weighted by atomic mass is 35.5. The molecule has 2 aromatic carbocycles. The number of halogens is 2. The first-order chi connectivity index (χ1) is 13.5. The van der Waals surface area contributed by atoms with Crippen molar-refractivity contribution in [3.8, 4) is 5.75 Å². The van der Waals surface area contributed by atoms with E-state index in [2.05, 4.69) is 10.6 Å². The Bertz CT molecular complexity index is 1000. The van der Waals surface area contributed by atoms with Gasteiger partial charge in [-0.25, -0.2) is 4.39 Å². The predicted molar refractivity (Wildman–Crippen MR) is 102 cm³/mol. The Morgan fingerprint density at radius 2 is 1.82 bits per heavy atom. The third kappa shape index (κ3) is 4.69. The minimum atomic E-state index is -0.488. The van der Waals surface area contributed by atoms with Gasteiger partial charge in [-0.1, -0.05) is 11.6 Å². The number of rotatable bonds is 6. The summed E-state index contributed by atoms with van der Waals surface area (Å²) >= 11 is 5.99. The quantitative estimate of drug-likeness (QED) is 0.645. The van der Waals surface area contributed by atoms with Gasteiger partial charge in [0, 0.05) is 12.7 Å². The van der Waals surface area contributed by atoms with E-state index >= 15 is 0 Å². The number of furan rings is 1. The first-order valence-corrected chi connectivity index (χ1v) is 8.64. The van der Waals surface area contributed by atoms with Crippen LogP contribution in [-0.4, -0.2) is 18.9 Å². The van der Waals surface area contributed by atoms with Crippen molar-refractivity contribution in [2.75, 3.05) is 12.4 Å². The molecule has 0 aliphatic heterocycles. The molecule has 2 amide bonds. The number of benzene rings is 2. The van der Waals surface area contributed by atoms with Crippen molar-refractivity contribution in [1.29, 1.82) is 0 Å². The van der Waals surface area contributed by atoms with E-state index in [-0.39, 0.29) is 34.7 Å². The van der Waals surface area contributed by atoms with Gasteiger partial charge in [-0.05, 0) is 54.6 Å². The fraction of sp³-hybridized carbons (Fsp3) is 0.100. The number of nitrogens with one attached hydrogen (secondary N) is 2. The molecule has 3 rings (SSSR count). The topological polar surface area (TPSA) is 80.6 Å². The van der Waals surface area contributed by atoms with Crippen LogP contribution < -0.4 is 15.4 Å². The molecule has 6 nitrogen and oxygen atoms in total. The summed E-state index contributed by atoms with van der Waals surface area (Å²) in [6.45, 7) is 0.0840. The molecular weight excluding hydrogens is 387 g/mol. The minimum absolute atomic E-state index is 0.0779. The maximum atomic E-state index is 12.9. The van der Waals surface area contributed by atoms with Crippen LogP contribution in [0.2, 0.25) is 5.02 Å². The molecule has 0 saturated heterocycles. The third-order valence-corrected chi connectivity index (χ3v) is 4.11. The van der Waals surface area contributed by atoms with Crippen molar-refractivity contribution in [3.05, 3.63) is 82.5 Å². The van der Waals surface area contributed by atoms with E-state index in [0.717, 1.165) is 0 Å². The molecule has 1 heterocycles. The lowest BCUT2D eigenvalue weighted by atomic mass is 10.2. The van der Waals surface area contributed by atoms with Crippen LogP contribution in [0.5, 0.6) is 5.75 Å². The van der Waals surface area contributed by atoms with Crippen LogP contribution in [0.15, 0.2) is 59.0 Å². The smallest absolute Gasteiger partial charge is 0.291 e. The Labute approximate surface area is 165 Å². The van der Waals surface area contributed by atoms with Crippen molar-refractivity contribution in [3.63, 3.8) is 0 Å². The second-order valence-corrected chi connectivity index (χ2v) is 6.14. The van der Waals surface area contributed by atoms with Crippen molar-refractivity contribution in [2.24, 2.45) is 0 Å². The second kappa shape index (κ2) is 8.58. The van der Waals surface area contributed by atoms with E-state index in [1.807, 2.05) is 0 Å². The molecule has 0 saturated carbocycles. The van der Waals surface area contributed by atoms with Gasteiger partial charge in [0.25, 0.3) is 11.8 Å². The normalized spacial score (nSPS) is 10.4. The maximum Gasteiger partial charge on any atom is 0.291 e. The highest BCUT2D eigenvalue weighted by Crippen LogP contribution is 2.22. The number of amides is 2. The Kier molecular flexibility index (Phi) is 5.96. The predicted octanol–water partition coefficient (Wildman–Crippen LogP) is 4.26. The molecule has 0 bridgehead atoms. The van der Waals surface area contributed by atoms with Crippen LogP contribution in [0.1, 0.15) is 26.7 Å². The van der Waals surface area contributed by atoms with Gasteiger partial charge in [0.2, 0.25) is 0 Å². The molecule has 3 aromatic rings. The fourth-order valence-electron chi connectivity index (χ4n) is 2.37. The van der Waals surface area contributed by atoms with Crippen LogP contribution in [0, 0.1) is 5.82 Å². The second-order valence-electron chi connectivity index (χ2n) is 5.74. The number of carbonyl (C=O) groups is 2. The molecular formula is C20H16ClFN2O4. The molecule has 0 spiro atoms. The van der Waals surface area contributed by atoms with E-state index < -0.39 is 5.91 Å². The Balaban J connectivity index is 1.64. The molecule has 1 aromatic heterocycles. The molecule has 0 unspecified atom stereocenters. The Hall–Kier alpha value is -3.32. The Morgan fingerprint density at radius 1 is 1.07 bits per heavy atom. The molecule has 2 N–H and O–H groups in total. The van der Waals surface area contributed by atoms with Crippen molar-refractivity contribution >= 4 is 29.1 Å². The van der Waals surface area contributed by atoms with Crippen molar-refractivity contribution in [1.82, 2.24) is 5.32 Å². The lowest BCUT2D eigenvalue weighted by Crippen LogP contribution is -2.19. The standard InChI is InChI=1S/C20H16ClFN2O4/c1-23-19(25)16-10-13(4-8-17(16)21)24-20(26)18-9-7-15(28-18)11-27-14-5-2-12(22)3-6-14/h2-10H,11H2,1H3,(H,23,25)(H,24,26). The van der Waals surface area contributed by atoms with E-state index in [1.165, 1.54) is 49.5 Å². The lowest BCUT2D eigenvalue weighted by Gasteiger charge is -2.07. The number of hydrogen-bond acceptors (Lipinski definition) is 4. The summed E-state index contributed by atoms with van der Waals surface area (Å²) in [4.78, 5) is 24.1. The summed E-state index contributed by atoms with van der Waals surface area (Å²) in [5.41, 5.74) is 0.642. The van der Waals surface area contributed by atoms with Gasteiger partial charge in [-0.2, -0.15) is 0 Å². The van der Waals surface area contributed by atoms with Crippen LogP contribution >= 0.6 is 11.6 Å². The number of ether oxygens (including phenoxy) is 1. The van der Waals surface area contributed by atoms with Gasteiger partial charge in [-0.3, -0.25) is 9.59 Å². The average molecular weight is 403 g/mol. The van der Waals surface area contributed by atoms with Gasteiger partial charge in [0.1, 0.15) is 23.9 Å². The first kappa shape index (κ1) is 19.4. The molecule has 0 aliphatic rings. The summed E-state index contributed by atoms with van der Waals surface area (Å²) in [7, 11) is 1.49. The molecule has 0 radical (unpaired) electrons. The average Bonchev–Trinajstić information content (AvgIpc) is 3.17. The van der Waals surface area contributed by atoms with Gasteiger partial charge < -0.3 is 19.8 Å². The number of anilines is 1. The largest absolute Gasteiger partial charge is 0.486 e. The monoisotopic (exact) mass is 402 g/mol. The maximum absolute atomic E-state index is 12.9. The van der Waals surface area contributed by atoms with Crippen molar-refractivity contribution in [2.45, 2.75) is 6.61 Å². The van der Waals surface area contributed by atoms with E-state index in [9.17, 15) is 14.0 Å². The summed E-state index contributed by atoms with van der Waals surface area (Å²) in [5.74, 6) is -0.221. The molecule has 28 heavy (non-hydrogen) atoms. The zero-order chi connectivity index (χ0) is 20.1. The number of carbonyl (C=O) groups excluding carboxylic acids is 2. The van der Waals surface area contributed by atoms with Crippen LogP contribution in [0.25, 0.3) is 0 Å². The zero-order valence-electron chi connectivity index (χ0n) is 14.8. The van der Waals surface area contributed by atoms with Crippen LogP contribution in [-0.2, 0) is 6.61 Å². The van der Waals surface area contributed by atoms with Crippen LogP contribution in [0.3, 0.4) is 0 Å². The zero-order valence-corrected chi connectivity index (χ0v) is 15.5. The summed E-state index contributed by atoms with van der Waals surface area (Å²) in [6.07, 6.45) is 0.